The first kappa shape index (κ1) is 15.7. The van der Waals surface area contributed by atoms with Crippen molar-refractivity contribution in [1.29, 1.82) is 0 Å². The number of carbonyl (C=O) groups excluding carboxylic acids is 1. The monoisotopic (exact) mass is 250 g/mol. The second-order valence-electron chi connectivity index (χ2n) is 4.19. The smallest absolute Gasteiger partial charge is 0.237 e. The number of hydrogen-bond donors (Lipinski definition) is 2. The molecule has 1 amide bonds. The van der Waals surface area contributed by atoms with E-state index in [0.29, 0.717) is 6.42 Å². The predicted molar refractivity (Wildman–Crippen MR) is 66.7 cm³/mol. The SMILES string of the molecule is CC[C@H](N)C(=O)NC1CCCCC1OC.Cl. The van der Waals surface area contributed by atoms with Gasteiger partial charge in [-0.25, -0.2) is 0 Å². The zero-order valence-electron chi connectivity index (χ0n) is 10.1. The van der Waals surface area contributed by atoms with E-state index in [1.54, 1.807) is 7.11 Å². The fourth-order valence-electron chi connectivity index (χ4n) is 2.02. The fraction of sp³-hybridized carbons (Fsp3) is 0.909. The van der Waals surface area contributed by atoms with Crippen LogP contribution in [-0.2, 0) is 9.53 Å². The molecule has 0 heterocycles. The number of rotatable bonds is 4. The third-order valence-corrected chi connectivity index (χ3v) is 3.11. The highest BCUT2D eigenvalue weighted by Crippen LogP contribution is 2.20. The van der Waals surface area contributed by atoms with E-state index in [4.69, 9.17) is 10.5 Å². The van der Waals surface area contributed by atoms with Crippen LogP contribution in [0.3, 0.4) is 0 Å². The maximum atomic E-state index is 11.6. The van der Waals surface area contributed by atoms with E-state index in [2.05, 4.69) is 5.32 Å². The first-order valence-corrected chi connectivity index (χ1v) is 5.77. The summed E-state index contributed by atoms with van der Waals surface area (Å²) in [6.45, 7) is 1.92. The molecule has 0 radical (unpaired) electrons. The minimum atomic E-state index is -0.385. The molecule has 0 aromatic rings. The van der Waals surface area contributed by atoms with Crippen molar-refractivity contribution in [1.82, 2.24) is 5.32 Å². The van der Waals surface area contributed by atoms with Crippen LogP contribution in [0.4, 0.5) is 0 Å². The number of hydrogen-bond acceptors (Lipinski definition) is 3. The lowest BCUT2D eigenvalue weighted by atomic mass is 9.92. The van der Waals surface area contributed by atoms with Gasteiger partial charge in [-0.2, -0.15) is 0 Å². The highest BCUT2D eigenvalue weighted by atomic mass is 35.5. The summed E-state index contributed by atoms with van der Waals surface area (Å²) in [5, 5.41) is 2.98. The largest absolute Gasteiger partial charge is 0.379 e. The molecule has 0 aromatic carbocycles. The van der Waals surface area contributed by atoms with Gasteiger partial charge in [0.15, 0.2) is 0 Å². The number of nitrogens with two attached hydrogens (primary N) is 1. The Morgan fingerprint density at radius 2 is 2.12 bits per heavy atom. The Labute approximate surface area is 104 Å². The molecular weight excluding hydrogens is 228 g/mol. The van der Waals surface area contributed by atoms with Gasteiger partial charge in [-0.3, -0.25) is 4.79 Å². The molecule has 1 saturated carbocycles. The number of carbonyl (C=O) groups is 1. The van der Waals surface area contributed by atoms with Gasteiger partial charge in [-0.05, 0) is 19.3 Å². The van der Waals surface area contributed by atoms with Crippen LogP contribution >= 0.6 is 12.4 Å². The van der Waals surface area contributed by atoms with E-state index >= 15 is 0 Å². The average Bonchev–Trinajstić information content (AvgIpc) is 2.28. The summed E-state index contributed by atoms with van der Waals surface area (Å²) in [5.74, 6) is -0.0496. The summed E-state index contributed by atoms with van der Waals surface area (Å²) in [6, 6.07) is -0.238. The minimum absolute atomic E-state index is 0. The Balaban J connectivity index is 0.00000225. The third-order valence-electron chi connectivity index (χ3n) is 3.11. The maximum absolute atomic E-state index is 11.6. The van der Waals surface area contributed by atoms with Crippen molar-refractivity contribution in [3.8, 4) is 0 Å². The second-order valence-corrected chi connectivity index (χ2v) is 4.19. The van der Waals surface area contributed by atoms with E-state index in [-0.39, 0.29) is 36.5 Å². The van der Waals surface area contributed by atoms with Crippen molar-refractivity contribution in [2.45, 2.75) is 57.2 Å². The molecule has 1 fully saturated rings. The molecule has 16 heavy (non-hydrogen) atoms. The normalized spacial score (nSPS) is 26.7. The highest BCUT2D eigenvalue weighted by molar-refractivity contribution is 5.85. The topological polar surface area (TPSA) is 64.4 Å². The average molecular weight is 251 g/mol. The number of ether oxygens (including phenoxy) is 1. The van der Waals surface area contributed by atoms with Gasteiger partial charge in [0.25, 0.3) is 0 Å². The Bertz CT molecular complexity index is 214. The van der Waals surface area contributed by atoms with Crippen LogP contribution in [0.1, 0.15) is 39.0 Å². The molecule has 0 bridgehead atoms. The van der Waals surface area contributed by atoms with Crippen LogP contribution in [0.5, 0.6) is 0 Å². The number of nitrogens with one attached hydrogen (secondary N) is 1. The molecule has 4 nitrogen and oxygen atoms in total. The van der Waals surface area contributed by atoms with Crippen LogP contribution in [0.2, 0.25) is 0 Å². The lowest BCUT2D eigenvalue weighted by Gasteiger charge is -2.31. The van der Waals surface area contributed by atoms with E-state index in [1.807, 2.05) is 6.92 Å². The molecule has 2 unspecified atom stereocenters. The zero-order chi connectivity index (χ0) is 11.3. The molecule has 5 heteroatoms. The van der Waals surface area contributed by atoms with Gasteiger partial charge in [0.05, 0.1) is 18.2 Å². The Kier molecular flexibility index (Phi) is 7.72. The van der Waals surface area contributed by atoms with Gasteiger partial charge in [0, 0.05) is 7.11 Å². The first-order chi connectivity index (χ1) is 7.19. The lowest BCUT2D eigenvalue weighted by molar-refractivity contribution is -0.124. The summed E-state index contributed by atoms with van der Waals surface area (Å²) in [5.41, 5.74) is 5.67. The van der Waals surface area contributed by atoms with E-state index in [1.165, 1.54) is 6.42 Å². The molecule has 0 aliphatic heterocycles. The van der Waals surface area contributed by atoms with Crippen LogP contribution in [0, 0.1) is 0 Å². The highest BCUT2D eigenvalue weighted by Gasteiger charge is 2.27. The van der Waals surface area contributed by atoms with Crippen molar-refractivity contribution >= 4 is 18.3 Å². The lowest BCUT2D eigenvalue weighted by Crippen LogP contribution is -2.51. The predicted octanol–water partition coefficient (Wildman–Crippen LogP) is 1.22. The fourth-order valence-corrected chi connectivity index (χ4v) is 2.02. The molecule has 1 rings (SSSR count). The Morgan fingerprint density at radius 1 is 1.50 bits per heavy atom. The second kappa shape index (κ2) is 7.87. The van der Waals surface area contributed by atoms with Crippen LogP contribution in [-0.4, -0.2) is 31.2 Å². The van der Waals surface area contributed by atoms with Crippen molar-refractivity contribution in [2.75, 3.05) is 7.11 Å². The van der Waals surface area contributed by atoms with Crippen molar-refractivity contribution in [2.24, 2.45) is 5.73 Å². The van der Waals surface area contributed by atoms with Gasteiger partial charge in [-0.15, -0.1) is 12.4 Å². The molecule has 0 spiro atoms. The molecule has 1 aliphatic carbocycles. The van der Waals surface area contributed by atoms with E-state index in [0.717, 1.165) is 19.3 Å². The standard InChI is InChI=1S/C11H22N2O2.ClH/c1-3-8(12)11(14)13-9-6-4-5-7-10(9)15-2;/h8-10H,3-7,12H2,1-2H3,(H,13,14);1H/t8-,9?,10?;/m0./s1. The molecule has 96 valence electrons. The number of methoxy groups -OCH3 is 1. The third kappa shape index (κ3) is 4.28. The molecule has 3 atom stereocenters. The maximum Gasteiger partial charge on any atom is 0.237 e. The zero-order valence-corrected chi connectivity index (χ0v) is 10.9. The van der Waals surface area contributed by atoms with Gasteiger partial charge in [0.1, 0.15) is 0 Å². The molecule has 0 saturated heterocycles. The van der Waals surface area contributed by atoms with Gasteiger partial charge < -0.3 is 15.8 Å². The minimum Gasteiger partial charge on any atom is -0.379 e. The van der Waals surface area contributed by atoms with E-state index in [9.17, 15) is 4.79 Å². The van der Waals surface area contributed by atoms with Crippen LogP contribution in [0.25, 0.3) is 0 Å². The summed E-state index contributed by atoms with van der Waals surface area (Å²) in [6.07, 6.45) is 5.21. The van der Waals surface area contributed by atoms with Gasteiger partial charge in [0.2, 0.25) is 5.91 Å². The molecular formula is C11H23ClN2O2. The number of halogens is 1. The summed E-state index contributed by atoms with van der Waals surface area (Å²) in [7, 11) is 1.70. The Morgan fingerprint density at radius 3 is 2.69 bits per heavy atom. The summed E-state index contributed by atoms with van der Waals surface area (Å²) >= 11 is 0. The van der Waals surface area contributed by atoms with Gasteiger partial charge in [-0.1, -0.05) is 19.8 Å². The molecule has 0 aromatic heterocycles. The van der Waals surface area contributed by atoms with Crippen molar-refractivity contribution in [3.63, 3.8) is 0 Å². The molecule has 3 N–H and O–H groups in total. The Hall–Kier alpha value is -0.320. The van der Waals surface area contributed by atoms with Crippen molar-refractivity contribution in [3.05, 3.63) is 0 Å². The van der Waals surface area contributed by atoms with E-state index < -0.39 is 0 Å². The van der Waals surface area contributed by atoms with Crippen LogP contribution in [0.15, 0.2) is 0 Å². The number of amides is 1. The van der Waals surface area contributed by atoms with Crippen LogP contribution < -0.4 is 11.1 Å². The molecule has 1 aliphatic rings. The van der Waals surface area contributed by atoms with Gasteiger partial charge >= 0.3 is 0 Å². The quantitative estimate of drug-likeness (QED) is 0.789. The van der Waals surface area contributed by atoms with Crippen molar-refractivity contribution < 1.29 is 9.53 Å². The summed E-state index contributed by atoms with van der Waals surface area (Å²) in [4.78, 5) is 11.6. The summed E-state index contributed by atoms with van der Waals surface area (Å²) < 4.78 is 5.36. The first-order valence-electron chi connectivity index (χ1n) is 5.77.